The summed E-state index contributed by atoms with van der Waals surface area (Å²) >= 11 is 0. The molecule has 142 valence electrons. The number of hydrogen-bond donors (Lipinski definition) is 2. The summed E-state index contributed by atoms with van der Waals surface area (Å²) < 4.78 is 22.0. The zero-order valence-corrected chi connectivity index (χ0v) is 15.3. The molecule has 2 aromatic heterocycles. The van der Waals surface area contributed by atoms with Crippen molar-refractivity contribution in [3.05, 3.63) is 82.8 Å². The lowest BCUT2D eigenvalue weighted by atomic mass is 10.0. The molecule has 1 aliphatic carbocycles. The quantitative estimate of drug-likeness (QED) is 0.716. The van der Waals surface area contributed by atoms with Crippen LogP contribution in [0, 0.1) is 0 Å². The smallest absolute Gasteiger partial charge is 0.225 e. The minimum Gasteiger partial charge on any atom is -0.504 e. The van der Waals surface area contributed by atoms with E-state index in [2.05, 4.69) is 10.3 Å². The molecule has 2 heterocycles. The van der Waals surface area contributed by atoms with E-state index in [9.17, 15) is 5.11 Å². The summed E-state index contributed by atoms with van der Waals surface area (Å²) in [6.07, 6.45) is 13.5. The molecule has 0 saturated heterocycles. The molecule has 4 rings (SSSR count). The van der Waals surface area contributed by atoms with Crippen LogP contribution in [0.5, 0.6) is 11.5 Å². The Morgan fingerprint density at radius 1 is 1.29 bits per heavy atom. The predicted octanol–water partition coefficient (Wildman–Crippen LogP) is 2.25. The number of allylic oxidation sites excluding steroid dienone is 1. The van der Waals surface area contributed by atoms with Gasteiger partial charge in [-0.3, -0.25) is 4.98 Å². The molecular weight excluding hydrogens is 357 g/mol. The van der Waals surface area contributed by atoms with Crippen LogP contribution in [0.25, 0.3) is 18.4 Å². The van der Waals surface area contributed by atoms with Crippen molar-refractivity contribution in [2.45, 2.75) is 12.3 Å². The second-order valence-corrected chi connectivity index (χ2v) is 6.56. The normalized spacial score (nSPS) is 18.4. The number of alkyl halides is 1. The largest absolute Gasteiger partial charge is 0.504 e. The number of fused-ring (bicyclic) bond motifs is 1. The molecule has 1 atom stereocenters. The minimum atomic E-state index is -1.72. The summed E-state index contributed by atoms with van der Waals surface area (Å²) in [5.41, 5.74) is 1.75. The highest BCUT2D eigenvalue weighted by atomic mass is 19.1. The van der Waals surface area contributed by atoms with Crippen molar-refractivity contribution in [1.29, 1.82) is 0 Å². The highest BCUT2D eigenvalue weighted by Gasteiger charge is 2.27. The van der Waals surface area contributed by atoms with E-state index < -0.39 is 5.79 Å². The van der Waals surface area contributed by atoms with Crippen molar-refractivity contribution in [1.82, 2.24) is 14.9 Å². The Morgan fingerprint density at radius 3 is 2.86 bits per heavy atom. The lowest BCUT2D eigenvalue weighted by Gasteiger charge is -2.22. The number of aromatic nitrogens is 2. The number of phenols is 1. The first-order valence-corrected chi connectivity index (χ1v) is 8.87. The number of nitrogens with zero attached hydrogens (tertiary/aromatic N) is 2. The van der Waals surface area contributed by atoms with E-state index in [1.54, 1.807) is 67.4 Å². The number of pyridine rings is 1. The topological polar surface area (TPSA) is 59.3 Å². The number of nitrogens with one attached hydrogen (secondary N) is 1. The first-order chi connectivity index (χ1) is 13.6. The van der Waals surface area contributed by atoms with Crippen LogP contribution in [0.4, 0.5) is 4.39 Å². The fourth-order valence-electron chi connectivity index (χ4n) is 3.22. The molecule has 0 amide bonds. The van der Waals surface area contributed by atoms with Gasteiger partial charge in [0, 0.05) is 48.3 Å². The van der Waals surface area contributed by atoms with Crippen LogP contribution >= 0.6 is 0 Å². The Hall–Kier alpha value is -3.54. The second-order valence-electron chi connectivity index (χ2n) is 6.56. The maximum Gasteiger partial charge on any atom is 0.225 e. The highest BCUT2D eigenvalue weighted by molar-refractivity contribution is 5.61. The summed E-state index contributed by atoms with van der Waals surface area (Å²) in [5, 5.41) is 14.7. The van der Waals surface area contributed by atoms with E-state index in [0.717, 1.165) is 21.6 Å². The minimum absolute atomic E-state index is 0.0907. The standard InChI is InChI=1S/C22H20FN3O2/c1-28-21-5-4-16(10-20(21)27)12-24-14-18-15-25-13-17-6-7-22(23,11-19(17)18)26-8-2-3-9-26/h2-11,13-15,24,27H,12H2,1H3/b18-14+. The summed E-state index contributed by atoms with van der Waals surface area (Å²) in [4.78, 5) is 4.24. The Bertz CT molecular complexity index is 1140. The summed E-state index contributed by atoms with van der Waals surface area (Å²) in [6, 6.07) is 8.82. The van der Waals surface area contributed by atoms with E-state index in [0.29, 0.717) is 12.3 Å². The molecule has 28 heavy (non-hydrogen) atoms. The van der Waals surface area contributed by atoms with E-state index in [4.69, 9.17) is 4.74 Å². The number of phenolic OH excluding ortho intramolecular Hbond substituents is 1. The van der Waals surface area contributed by atoms with Gasteiger partial charge in [-0.2, -0.15) is 0 Å². The molecule has 1 aliphatic rings. The van der Waals surface area contributed by atoms with Crippen LogP contribution in [0.1, 0.15) is 11.1 Å². The molecule has 2 N–H and O–H groups in total. The van der Waals surface area contributed by atoms with Gasteiger partial charge in [-0.05, 0) is 47.2 Å². The van der Waals surface area contributed by atoms with Gasteiger partial charge in [0.25, 0.3) is 0 Å². The van der Waals surface area contributed by atoms with E-state index in [-0.39, 0.29) is 5.75 Å². The van der Waals surface area contributed by atoms with Gasteiger partial charge in [0.05, 0.1) is 7.11 Å². The molecule has 6 heteroatoms. The molecule has 3 aromatic rings. The third kappa shape index (κ3) is 3.36. The molecule has 0 fully saturated rings. The lowest BCUT2D eigenvalue weighted by molar-refractivity contribution is 0.221. The van der Waals surface area contributed by atoms with Gasteiger partial charge in [-0.25, -0.2) is 4.39 Å². The van der Waals surface area contributed by atoms with Gasteiger partial charge in [0.1, 0.15) is 0 Å². The highest BCUT2D eigenvalue weighted by Crippen LogP contribution is 2.26. The number of methoxy groups -OCH3 is 1. The molecule has 0 spiro atoms. The Balaban J connectivity index is 1.64. The van der Waals surface area contributed by atoms with Crippen molar-refractivity contribution in [3.63, 3.8) is 0 Å². The van der Waals surface area contributed by atoms with Crippen molar-refractivity contribution < 1.29 is 14.2 Å². The average molecular weight is 377 g/mol. The fourth-order valence-corrected chi connectivity index (χ4v) is 3.22. The maximum atomic E-state index is 15.4. The summed E-state index contributed by atoms with van der Waals surface area (Å²) in [7, 11) is 1.51. The van der Waals surface area contributed by atoms with Crippen LogP contribution in [-0.4, -0.2) is 21.8 Å². The maximum absolute atomic E-state index is 15.4. The average Bonchev–Trinajstić information content (AvgIpc) is 3.24. The molecule has 1 unspecified atom stereocenters. The first kappa shape index (κ1) is 17.9. The molecular formula is C22H20FN3O2. The second kappa shape index (κ2) is 7.23. The lowest BCUT2D eigenvalue weighted by Crippen LogP contribution is -2.37. The first-order valence-electron chi connectivity index (χ1n) is 8.87. The third-order valence-electron chi connectivity index (χ3n) is 4.70. The number of rotatable bonds is 5. The third-order valence-corrected chi connectivity index (χ3v) is 4.70. The van der Waals surface area contributed by atoms with Crippen molar-refractivity contribution in [2.75, 3.05) is 7.11 Å². The number of aromatic hydroxyl groups is 1. The molecule has 5 nitrogen and oxygen atoms in total. The zero-order valence-electron chi connectivity index (χ0n) is 15.3. The fraction of sp³-hybridized carbons (Fsp3) is 0.136. The van der Waals surface area contributed by atoms with Crippen molar-refractivity contribution in [2.24, 2.45) is 0 Å². The van der Waals surface area contributed by atoms with Crippen LogP contribution in [-0.2, 0) is 12.3 Å². The number of hydrogen-bond acceptors (Lipinski definition) is 4. The Kier molecular flexibility index (Phi) is 4.61. The summed E-state index contributed by atoms with van der Waals surface area (Å²) in [6.45, 7) is 0.495. The predicted molar refractivity (Wildman–Crippen MR) is 106 cm³/mol. The summed E-state index contributed by atoms with van der Waals surface area (Å²) in [5.74, 6) is -1.20. The van der Waals surface area contributed by atoms with Gasteiger partial charge in [0.15, 0.2) is 11.5 Å². The van der Waals surface area contributed by atoms with Crippen molar-refractivity contribution in [3.8, 4) is 11.5 Å². The Labute approximate surface area is 161 Å². The Morgan fingerprint density at radius 2 is 2.11 bits per heavy atom. The zero-order chi connectivity index (χ0) is 19.6. The molecule has 1 aromatic carbocycles. The van der Waals surface area contributed by atoms with Crippen LogP contribution in [0.3, 0.4) is 0 Å². The van der Waals surface area contributed by atoms with Crippen molar-refractivity contribution >= 4 is 18.4 Å². The SMILES string of the molecule is COc1ccc(CN/C=c2\cncc3c2=CC(F)(n2cccc2)C=C3)cc1O. The monoisotopic (exact) mass is 377 g/mol. The van der Waals surface area contributed by atoms with Gasteiger partial charge in [-0.1, -0.05) is 12.1 Å². The van der Waals surface area contributed by atoms with Gasteiger partial charge in [0.2, 0.25) is 5.79 Å². The van der Waals surface area contributed by atoms with Gasteiger partial charge < -0.3 is 19.7 Å². The molecule has 0 radical (unpaired) electrons. The molecule has 0 bridgehead atoms. The number of halogens is 1. The van der Waals surface area contributed by atoms with Crippen LogP contribution < -0.4 is 20.5 Å². The molecule has 0 aliphatic heterocycles. The van der Waals surface area contributed by atoms with Gasteiger partial charge in [-0.15, -0.1) is 0 Å². The number of ether oxygens (including phenoxy) is 1. The number of benzene rings is 1. The van der Waals surface area contributed by atoms with E-state index >= 15 is 4.39 Å². The molecule has 0 saturated carbocycles. The van der Waals surface area contributed by atoms with Gasteiger partial charge >= 0.3 is 0 Å². The van der Waals surface area contributed by atoms with E-state index in [1.165, 1.54) is 17.8 Å². The van der Waals surface area contributed by atoms with Crippen LogP contribution in [0.2, 0.25) is 0 Å². The van der Waals surface area contributed by atoms with Crippen LogP contribution in [0.15, 0.2) is 61.2 Å². The van der Waals surface area contributed by atoms with E-state index in [1.807, 2.05) is 6.07 Å².